The number of ether oxygens (including phenoxy) is 1. The number of hydrogen-bond acceptors (Lipinski definition) is 5. The molecule has 0 saturated heterocycles. The van der Waals surface area contributed by atoms with Crippen molar-refractivity contribution < 1.29 is 9.66 Å². The van der Waals surface area contributed by atoms with Crippen molar-refractivity contribution in [2.24, 2.45) is 5.73 Å². The lowest BCUT2D eigenvalue weighted by molar-refractivity contribution is -0.385. The Hall–Kier alpha value is -1.99. The fourth-order valence-corrected chi connectivity index (χ4v) is 2.15. The van der Waals surface area contributed by atoms with Gasteiger partial charge in [-0.3, -0.25) is 10.1 Å². The number of nitro groups is 1. The number of nitrogens with zero attached hydrogens (tertiary/aromatic N) is 2. The van der Waals surface area contributed by atoms with Gasteiger partial charge < -0.3 is 10.5 Å². The first-order chi connectivity index (χ1) is 9.50. The molecule has 0 bridgehead atoms. The quantitative estimate of drug-likeness (QED) is 0.680. The average molecular weight is 338 g/mol. The van der Waals surface area contributed by atoms with Crippen molar-refractivity contribution in [1.29, 1.82) is 0 Å². The number of rotatable bonds is 4. The second-order valence-electron chi connectivity index (χ2n) is 4.13. The molecule has 6 nitrogen and oxygen atoms in total. The van der Waals surface area contributed by atoms with Crippen molar-refractivity contribution in [3.05, 3.63) is 56.7 Å². The van der Waals surface area contributed by atoms with Gasteiger partial charge in [-0.05, 0) is 35.0 Å². The average Bonchev–Trinajstić information content (AvgIpc) is 2.41. The summed E-state index contributed by atoms with van der Waals surface area (Å²) in [6, 6.07) is 7.87. The van der Waals surface area contributed by atoms with Crippen LogP contribution >= 0.6 is 15.9 Å². The molecule has 0 radical (unpaired) electrons. The van der Waals surface area contributed by atoms with Crippen LogP contribution in [0, 0.1) is 10.1 Å². The third kappa shape index (κ3) is 2.94. The molecule has 0 aliphatic heterocycles. The minimum Gasteiger partial charge on any atom is -0.437 e. The summed E-state index contributed by atoms with van der Waals surface area (Å²) in [6.07, 6.45) is 1.58. The van der Waals surface area contributed by atoms with E-state index in [2.05, 4.69) is 20.9 Å². The zero-order chi connectivity index (χ0) is 14.7. The first-order valence-corrected chi connectivity index (χ1v) is 6.61. The summed E-state index contributed by atoms with van der Waals surface area (Å²) in [5.74, 6) is 0.656. The fourth-order valence-electron chi connectivity index (χ4n) is 1.66. The van der Waals surface area contributed by atoms with Gasteiger partial charge in [-0.1, -0.05) is 12.1 Å². The molecule has 20 heavy (non-hydrogen) atoms. The van der Waals surface area contributed by atoms with Crippen LogP contribution < -0.4 is 10.5 Å². The summed E-state index contributed by atoms with van der Waals surface area (Å²) in [4.78, 5) is 14.5. The third-order valence-electron chi connectivity index (χ3n) is 2.64. The highest BCUT2D eigenvalue weighted by atomic mass is 79.9. The molecule has 104 valence electrons. The molecule has 2 rings (SSSR count). The highest BCUT2D eigenvalue weighted by Crippen LogP contribution is 2.37. The van der Waals surface area contributed by atoms with E-state index in [9.17, 15) is 10.1 Å². The number of pyridine rings is 1. The van der Waals surface area contributed by atoms with Gasteiger partial charge in [-0.2, -0.15) is 0 Å². The second-order valence-corrected chi connectivity index (χ2v) is 4.93. The fraction of sp³-hybridized carbons (Fsp3) is 0.154. The molecule has 1 aromatic carbocycles. The van der Waals surface area contributed by atoms with Gasteiger partial charge in [0.15, 0.2) is 5.75 Å². The smallest absolute Gasteiger partial charge is 0.287 e. The molecular formula is C13H12BrN3O3. The Bertz CT molecular complexity index is 647. The summed E-state index contributed by atoms with van der Waals surface area (Å²) >= 11 is 3.18. The van der Waals surface area contributed by atoms with Crippen LogP contribution in [0.15, 0.2) is 41.0 Å². The summed E-state index contributed by atoms with van der Waals surface area (Å²) in [6.45, 7) is 1.81. The second kappa shape index (κ2) is 5.98. The van der Waals surface area contributed by atoms with Crippen LogP contribution in [0.3, 0.4) is 0 Å². The predicted molar refractivity (Wildman–Crippen MR) is 77.7 cm³/mol. The molecule has 7 heteroatoms. The Morgan fingerprint density at radius 1 is 1.40 bits per heavy atom. The van der Waals surface area contributed by atoms with Gasteiger partial charge in [0, 0.05) is 23.9 Å². The number of benzene rings is 1. The maximum atomic E-state index is 10.9. The van der Waals surface area contributed by atoms with Crippen molar-refractivity contribution in [2.75, 3.05) is 0 Å². The zero-order valence-corrected chi connectivity index (χ0v) is 12.2. The highest BCUT2D eigenvalue weighted by molar-refractivity contribution is 9.10. The van der Waals surface area contributed by atoms with Crippen LogP contribution in [-0.4, -0.2) is 9.91 Å². The maximum absolute atomic E-state index is 10.9. The lowest BCUT2D eigenvalue weighted by Crippen LogP contribution is -2.07. The molecule has 0 amide bonds. The molecule has 0 aliphatic rings. The minimum atomic E-state index is -0.484. The molecule has 0 spiro atoms. The van der Waals surface area contributed by atoms with Crippen LogP contribution in [0.25, 0.3) is 0 Å². The first kappa shape index (κ1) is 14.4. The van der Waals surface area contributed by atoms with Crippen LogP contribution in [0.4, 0.5) is 5.69 Å². The van der Waals surface area contributed by atoms with Gasteiger partial charge in [0.25, 0.3) is 5.69 Å². The summed E-state index contributed by atoms with van der Waals surface area (Å²) in [7, 11) is 0. The van der Waals surface area contributed by atoms with Gasteiger partial charge in [0.2, 0.25) is 5.88 Å². The van der Waals surface area contributed by atoms with Crippen molar-refractivity contribution in [1.82, 2.24) is 4.98 Å². The van der Waals surface area contributed by atoms with E-state index >= 15 is 0 Å². The van der Waals surface area contributed by atoms with Crippen molar-refractivity contribution in [3.8, 4) is 11.6 Å². The van der Waals surface area contributed by atoms with E-state index in [-0.39, 0.29) is 16.2 Å². The Morgan fingerprint density at radius 2 is 2.15 bits per heavy atom. The van der Waals surface area contributed by atoms with E-state index in [0.29, 0.717) is 11.6 Å². The number of nitro benzene ring substituents is 1. The Labute approximate surface area is 123 Å². The molecule has 0 saturated carbocycles. The monoisotopic (exact) mass is 337 g/mol. The standard InChI is InChI=1S/C13H12BrN3O3/c1-8(15)9-4-3-7-16-13(9)20-11-6-2-5-10(12(11)14)17(18)19/h2-8H,15H2,1H3/t8-/m0/s1. The molecule has 1 atom stereocenters. The van der Waals surface area contributed by atoms with Crippen molar-refractivity contribution in [3.63, 3.8) is 0 Å². The van der Waals surface area contributed by atoms with Crippen LogP contribution in [0.2, 0.25) is 0 Å². The molecule has 0 unspecified atom stereocenters. The molecule has 0 fully saturated rings. The largest absolute Gasteiger partial charge is 0.437 e. The summed E-state index contributed by atoms with van der Waals surface area (Å²) in [5.41, 5.74) is 6.50. The van der Waals surface area contributed by atoms with Gasteiger partial charge in [0.05, 0.1) is 4.92 Å². The molecule has 1 aromatic heterocycles. The highest BCUT2D eigenvalue weighted by Gasteiger charge is 2.18. The number of halogens is 1. The SMILES string of the molecule is C[C@H](N)c1cccnc1Oc1cccc([N+](=O)[O-])c1Br. The van der Waals surface area contributed by atoms with Crippen LogP contribution in [0.5, 0.6) is 11.6 Å². The van der Waals surface area contributed by atoms with Crippen molar-refractivity contribution in [2.45, 2.75) is 13.0 Å². The summed E-state index contributed by atoms with van der Waals surface area (Å²) in [5, 5.41) is 10.9. The Morgan fingerprint density at radius 3 is 2.80 bits per heavy atom. The lowest BCUT2D eigenvalue weighted by Gasteiger charge is -2.12. The molecule has 1 heterocycles. The van der Waals surface area contributed by atoms with E-state index in [1.165, 1.54) is 6.07 Å². The molecule has 0 aliphatic carbocycles. The van der Waals surface area contributed by atoms with E-state index in [1.807, 2.05) is 6.92 Å². The van der Waals surface area contributed by atoms with E-state index in [0.717, 1.165) is 5.56 Å². The molecule has 2 N–H and O–H groups in total. The molecular weight excluding hydrogens is 326 g/mol. The lowest BCUT2D eigenvalue weighted by atomic mass is 10.1. The Kier molecular flexibility index (Phi) is 4.31. The minimum absolute atomic E-state index is 0.0687. The van der Waals surface area contributed by atoms with Gasteiger partial charge in [-0.25, -0.2) is 4.98 Å². The first-order valence-electron chi connectivity index (χ1n) is 5.82. The Balaban J connectivity index is 2.41. The van der Waals surface area contributed by atoms with E-state index in [4.69, 9.17) is 10.5 Å². The van der Waals surface area contributed by atoms with Crippen LogP contribution in [-0.2, 0) is 0 Å². The van der Waals surface area contributed by atoms with Gasteiger partial charge in [-0.15, -0.1) is 0 Å². The van der Waals surface area contributed by atoms with E-state index < -0.39 is 4.92 Å². The number of nitrogens with two attached hydrogens (primary N) is 1. The van der Waals surface area contributed by atoms with E-state index in [1.54, 1.807) is 30.5 Å². The normalized spacial score (nSPS) is 11.9. The topological polar surface area (TPSA) is 91.3 Å². The van der Waals surface area contributed by atoms with Gasteiger partial charge >= 0.3 is 0 Å². The van der Waals surface area contributed by atoms with Gasteiger partial charge in [0.1, 0.15) is 4.47 Å². The third-order valence-corrected chi connectivity index (χ3v) is 3.43. The van der Waals surface area contributed by atoms with Crippen molar-refractivity contribution >= 4 is 21.6 Å². The van der Waals surface area contributed by atoms with Crippen LogP contribution in [0.1, 0.15) is 18.5 Å². The molecule has 2 aromatic rings. The number of aromatic nitrogens is 1. The maximum Gasteiger partial charge on any atom is 0.287 e. The zero-order valence-electron chi connectivity index (χ0n) is 10.6. The predicted octanol–water partition coefficient (Wildman–Crippen LogP) is 3.56. The number of hydrogen-bond donors (Lipinski definition) is 1. The summed E-state index contributed by atoms with van der Waals surface area (Å²) < 4.78 is 5.92.